The van der Waals surface area contributed by atoms with E-state index >= 15 is 0 Å². The lowest BCUT2D eigenvalue weighted by atomic mass is 10.0. The van der Waals surface area contributed by atoms with Crippen molar-refractivity contribution in [1.29, 1.82) is 0 Å². The predicted octanol–water partition coefficient (Wildman–Crippen LogP) is 6.08. The van der Waals surface area contributed by atoms with Crippen molar-refractivity contribution < 1.29 is 4.84 Å². The minimum absolute atomic E-state index is 0.431. The van der Waals surface area contributed by atoms with Crippen LogP contribution in [0.4, 0.5) is 5.69 Å². The number of hydrogen-bond acceptors (Lipinski definition) is 3. The summed E-state index contributed by atoms with van der Waals surface area (Å²) in [6.45, 7) is 1.92. The molecule has 0 radical (unpaired) electrons. The maximum Gasteiger partial charge on any atom is 0.124 e. The van der Waals surface area contributed by atoms with Crippen LogP contribution in [0.3, 0.4) is 0 Å². The van der Waals surface area contributed by atoms with Crippen LogP contribution < -0.4 is 5.73 Å². The molecule has 3 aromatic rings. The molecule has 3 rings (SSSR count). The molecule has 0 atom stereocenters. The van der Waals surface area contributed by atoms with Gasteiger partial charge in [0.2, 0.25) is 0 Å². The lowest BCUT2D eigenvalue weighted by Crippen LogP contribution is -2.06. The second-order valence-corrected chi connectivity index (χ2v) is 6.84. The van der Waals surface area contributed by atoms with Gasteiger partial charge in [0.1, 0.15) is 12.9 Å². The average Bonchev–Trinajstić information content (AvgIpc) is 2.75. The van der Waals surface area contributed by atoms with Gasteiger partial charge < -0.3 is 10.6 Å². The quantitative estimate of drug-likeness (QED) is 0.308. The maximum absolute atomic E-state index is 5.98. The van der Waals surface area contributed by atoms with Crippen molar-refractivity contribution in [1.82, 2.24) is 0 Å². The number of hydrogen-bond donors (Lipinski definition) is 1. The Bertz CT molecular complexity index is 1030. The lowest BCUT2D eigenvalue weighted by Gasteiger charge is -2.05. The molecule has 5 heteroatoms. The fourth-order valence-electron chi connectivity index (χ4n) is 2.76. The third-order valence-electron chi connectivity index (χ3n) is 4.31. The Balaban J connectivity index is 1.69. The zero-order chi connectivity index (χ0) is 20.6. The predicted molar refractivity (Wildman–Crippen MR) is 123 cm³/mol. The summed E-state index contributed by atoms with van der Waals surface area (Å²) in [6, 6.07) is 23.7. The van der Waals surface area contributed by atoms with Crippen molar-refractivity contribution in [2.24, 2.45) is 15.9 Å². The Morgan fingerprint density at radius 2 is 1.48 bits per heavy atom. The normalized spacial score (nSPS) is 12.4. The summed E-state index contributed by atoms with van der Waals surface area (Å²) in [5.41, 5.74) is 11.9. The molecule has 0 unspecified atom stereocenters. The van der Waals surface area contributed by atoms with E-state index in [1.165, 1.54) is 0 Å². The summed E-state index contributed by atoms with van der Waals surface area (Å²) in [4.78, 5) is 9.17. The highest BCUT2D eigenvalue weighted by Crippen LogP contribution is 2.21. The molecule has 0 bridgehead atoms. The second-order valence-electron chi connectivity index (χ2n) is 6.41. The Morgan fingerprint density at radius 3 is 2.07 bits per heavy atom. The van der Waals surface area contributed by atoms with Gasteiger partial charge in [-0.25, -0.2) is 4.99 Å². The van der Waals surface area contributed by atoms with E-state index in [0.29, 0.717) is 10.9 Å². The molecule has 0 aromatic heterocycles. The fraction of sp³-hybridized carbons (Fsp3) is 0.0833. The van der Waals surface area contributed by atoms with Crippen molar-refractivity contribution in [3.8, 4) is 11.1 Å². The summed E-state index contributed by atoms with van der Waals surface area (Å²) < 4.78 is 0. The number of aliphatic imine (C=N–C) groups is 1. The van der Waals surface area contributed by atoms with E-state index in [-0.39, 0.29) is 0 Å². The zero-order valence-corrected chi connectivity index (χ0v) is 17.1. The number of halogens is 1. The number of nitrogens with two attached hydrogens (primary N) is 1. The van der Waals surface area contributed by atoms with E-state index in [9.17, 15) is 0 Å². The molecule has 0 saturated carbocycles. The molecule has 2 N–H and O–H groups in total. The van der Waals surface area contributed by atoms with Crippen LogP contribution in [-0.2, 0) is 4.84 Å². The molecule has 0 aliphatic rings. The van der Waals surface area contributed by atoms with Gasteiger partial charge in [0.15, 0.2) is 0 Å². The topological polar surface area (TPSA) is 60.0 Å². The minimum atomic E-state index is 0.431. The molecule has 146 valence electrons. The Hall–Kier alpha value is -3.37. The van der Waals surface area contributed by atoms with Gasteiger partial charge in [0.05, 0.1) is 11.4 Å². The van der Waals surface area contributed by atoms with Crippen LogP contribution in [0.2, 0.25) is 5.02 Å². The lowest BCUT2D eigenvalue weighted by molar-refractivity contribution is 0.213. The van der Waals surface area contributed by atoms with E-state index in [1.54, 1.807) is 25.3 Å². The molecule has 4 nitrogen and oxygen atoms in total. The number of amidine groups is 1. The van der Waals surface area contributed by atoms with Crippen molar-refractivity contribution in [2.45, 2.75) is 6.92 Å². The standard InChI is InChI=1S/C24H22ClN3O/c1-17(28-29-2)19-8-10-21(11-9-19)20-6-3-18(4-7-20)5-16-24(26)27-23-14-12-22(25)13-15-23/h3-16H,1-2H3,(H2,26,27)/b16-5+,28-17-. The van der Waals surface area contributed by atoms with Gasteiger partial charge in [-0.3, -0.25) is 0 Å². The van der Waals surface area contributed by atoms with E-state index < -0.39 is 0 Å². The first-order valence-corrected chi connectivity index (χ1v) is 9.49. The second kappa shape index (κ2) is 9.71. The molecule has 0 saturated heterocycles. The van der Waals surface area contributed by atoms with E-state index in [0.717, 1.165) is 33.7 Å². The molecular weight excluding hydrogens is 382 g/mol. The first-order valence-electron chi connectivity index (χ1n) is 9.11. The van der Waals surface area contributed by atoms with Gasteiger partial charge in [0, 0.05) is 5.02 Å². The van der Waals surface area contributed by atoms with Crippen LogP contribution in [-0.4, -0.2) is 18.7 Å². The van der Waals surface area contributed by atoms with Gasteiger partial charge in [0.25, 0.3) is 0 Å². The Kier molecular flexibility index (Phi) is 6.82. The highest BCUT2D eigenvalue weighted by Gasteiger charge is 2.01. The monoisotopic (exact) mass is 403 g/mol. The average molecular weight is 404 g/mol. The van der Waals surface area contributed by atoms with Gasteiger partial charge in [-0.2, -0.15) is 0 Å². The molecule has 0 aliphatic carbocycles. The zero-order valence-electron chi connectivity index (χ0n) is 16.3. The Labute approximate surface area is 176 Å². The van der Waals surface area contributed by atoms with E-state index in [1.807, 2.05) is 49.4 Å². The largest absolute Gasteiger partial charge is 0.399 e. The molecule has 3 aromatic carbocycles. The summed E-state index contributed by atoms with van der Waals surface area (Å²) in [5, 5.41) is 4.63. The van der Waals surface area contributed by atoms with Crippen LogP contribution >= 0.6 is 11.6 Å². The minimum Gasteiger partial charge on any atom is -0.399 e. The van der Waals surface area contributed by atoms with Crippen LogP contribution in [0.25, 0.3) is 17.2 Å². The van der Waals surface area contributed by atoms with E-state index in [2.05, 4.69) is 34.4 Å². The van der Waals surface area contributed by atoms with E-state index in [4.69, 9.17) is 22.2 Å². The number of benzene rings is 3. The van der Waals surface area contributed by atoms with Gasteiger partial charge in [-0.15, -0.1) is 0 Å². The van der Waals surface area contributed by atoms with Crippen molar-refractivity contribution in [3.05, 3.63) is 95.0 Å². The molecule has 0 spiro atoms. The first kappa shape index (κ1) is 20.4. The molecule has 0 amide bonds. The van der Waals surface area contributed by atoms with Gasteiger partial charge >= 0.3 is 0 Å². The summed E-state index contributed by atoms with van der Waals surface area (Å²) in [6.07, 6.45) is 3.72. The van der Waals surface area contributed by atoms with Crippen LogP contribution in [0.1, 0.15) is 18.1 Å². The molecule has 0 aliphatic heterocycles. The maximum atomic E-state index is 5.98. The third kappa shape index (κ3) is 5.80. The van der Waals surface area contributed by atoms with Gasteiger partial charge in [-0.1, -0.05) is 71.4 Å². The molecule has 0 heterocycles. The molecule has 0 fully saturated rings. The van der Waals surface area contributed by atoms with Gasteiger partial charge in [-0.05, 0) is 59.5 Å². The Morgan fingerprint density at radius 1 is 0.897 bits per heavy atom. The summed E-state index contributed by atoms with van der Waals surface area (Å²) in [7, 11) is 1.55. The first-order chi connectivity index (χ1) is 14.0. The van der Waals surface area contributed by atoms with Crippen LogP contribution in [0.5, 0.6) is 0 Å². The summed E-state index contributed by atoms with van der Waals surface area (Å²) in [5.74, 6) is 0.431. The fourth-order valence-corrected chi connectivity index (χ4v) is 2.89. The van der Waals surface area contributed by atoms with Crippen LogP contribution in [0, 0.1) is 0 Å². The number of rotatable bonds is 6. The molecule has 29 heavy (non-hydrogen) atoms. The number of oxime groups is 1. The summed E-state index contributed by atoms with van der Waals surface area (Å²) >= 11 is 5.88. The SMILES string of the molecule is CO/N=C(/C)c1ccc(-c2ccc(/C=C/C(N)=Nc3ccc(Cl)cc3)cc2)cc1. The molecular formula is C24H22ClN3O. The van der Waals surface area contributed by atoms with Crippen LogP contribution in [0.15, 0.2) is 89.0 Å². The smallest absolute Gasteiger partial charge is 0.124 e. The van der Waals surface area contributed by atoms with Crippen molar-refractivity contribution >= 4 is 34.9 Å². The van der Waals surface area contributed by atoms with Crippen molar-refractivity contribution in [3.63, 3.8) is 0 Å². The third-order valence-corrected chi connectivity index (χ3v) is 4.56. The highest BCUT2D eigenvalue weighted by molar-refractivity contribution is 6.30. The van der Waals surface area contributed by atoms with Crippen molar-refractivity contribution in [2.75, 3.05) is 7.11 Å². The number of nitrogens with zero attached hydrogens (tertiary/aromatic N) is 2. The highest BCUT2D eigenvalue weighted by atomic mass is 35.5.